The van der Waals surface area contributed by atoms with E-state index in [4.69, 9.17) is 8.83 Å². The summed E-state index contributed by atoms with van der Waals surface area (Å²) in [5.41, 5.74) is -0.671. The number of carbonyl (C=O) groups excluding carboxylic acids is 1. The molecule has 4 rings (SSSR count). The monoisotopic (exact) mass is 333 g/mol. The van der Waals surface area contributed by atoms with Crippen LogP contribution in [0.25, 0.3) is 21.9 Å². The van der Waals surface area contributed by atoms with E-state index >= 15 is 0 Å². The van der Waals surface area contributed by atoms with Crippen LogP contribution in [0.2, 0.25) is 0 Å². The maximum atomic E-state index is 12.2. The van der Waals surface area contributed by atoms with Crippen LogP contribution in [0.4, 0.5) is 5.69 Å². The maximum absolute atomic E-state index is 12.2. The van der Waals surface area contributed by atoms with Crippen LogP contribution < -0.4 is 16.6 Å². The third kappa shape index (κ3) is 2.59. The number of amides is 1. The predicted octanol–water partition coefficient (Wildman–Crippen LogP) is 3.15. The normalized spacial score (nSPS) is 10.9. The van der Waals surface area contributed by atoms with Crippen LogP contribution in [0.3, 0.4) is 0 Å². The highest BCUT2D eigenvalue weighted by Gasteiger charge is 2.15. The van der Waals surface area contributed by atoms with Crippen molar-refractivity contribution in [2.24, 2.45) is 0 Å². The largest absolute Gasteiger partial charge is 0.422 e. The number of hydrogen-bond donors (Lipinski definition) is 1. The third-order valence-electron chi connectivity index (χ3n) is 3.79. The Hall–Kier alpha value is -3.67. The second kappa shape index (κ2) is 5.76. The second-order valence-corrected chi connectivity index (χ2v) is 5.40. The van der Waals surface area contributed by atoms with Gasteiger partial charge in [-0.1, -0.05) is 30.3 Å². The fraction of sp³-hybridized carbons (Fsp3) is 0. The Balaban J connectivity index is 1.87. The molecule has 6 heteroatoms. The molecule has 0 aliphatic rings. The lowest BCUT2D eigenvalue weighted by atomic mass is 10.1. The van der Waals surface area contributed by atoms with E-state index in [1.807, 2.05) is 0 Å². The van der Waals surface area contributed by atoms with Gasteiger partial charge in [0.25, 0.3) is 5.91 Å². The average molecular weight is 333 g/mol. The van der Waals surface area contributed by atoms with Gasteiger partial charge in [-0.2, -0.15) is 0 Å². The van der Waals surface area contributed by atoms with Crippen molar-refractivity contribution in [2.45, 2.75) is 0 Å². The number of rotatable bonds is 2. The summed E-state index contributed by atoms with van der Waals surface area (Å²) in [4.78, 5) is 36.6. The van der Waals surface area contributed by atoms with E-state index < -0.39 is 17.2 Å². The van der Waals surface area contributed by atoms with Crippen LogP contribution in [0.15, 0.2) is 79.1 Å². The molecule has 0 fully saturated rings. The summed E-state index contributed by atoms with van der Waals surface area (Å²) in [7, 11) is 0. The zero-order chi connectivity index (χ0) is 17.4. The lowest BCUT2D eigenvalue weighted by Gasteiger charge is -2.06. The molecule has 0 atom stereocenters. The number of nitrogens with one attached hydrogen (secondary N) is 1. The first-order valence-corrected chi connectivity index (χ1v) is 7.49. The summed E-state index contributed by atoms with van der Waals surface area (Å²) < 4.78 is 10.5. The zero-order valence-corrected chi connectivity index (χ0v) is 12.8. The van der Waals surface area contributed by atoms with E-state index in [2.05, 4.69) is 5.32 Å². The molecular weight excluding hydrogens is 322 g/mol. The van der Waals surface area contributed by atoms with Gasteiger partial charge in [-0.15, -0.1) is 0 Å². The number of para-hydroxylation sites is 1. The molecule has 0 radical (unpaired) electrons. The van der Waals surface area contributed by atoms with Crippen molar-refractivity contribution in [3.05, 3.63) is 87.1 Å². The van der Waals surface area contributed by atoms with Crippen LogP contribution >= 0.6 is 0 Å². The Labute approximate surface area is 140 Å². The lowest BCUT2D eigenvalue weighted by Crippen LogP contribution is -2.18. The molecule has 1 N–H and O–H groups in total. The molecule has 122 valence electrons. The summed E-state index contributed by atoms with van der Waals surface area (Å²) >= 11 is 0. The van der Waals surface area contributed by atoms with Crippen molar-refractivity contribution < 1.29 is 13.6 Å². The van der Waals surface area contributed by atoms with Crippen LogP contribution in [0, 0.1) is 0 Å². The molecule has 2 heterocycles. The minimum atomic E-state index is -0.743. The quantitative estimate of drug-likeness (QED) is 0.449. The molecule has 0 aliphatic carbocycles. The van der Waals surface area contributed by atoms with Gasteiger partial charge in [-0.25, -0.2) is 9.59 Å². The van der Waals surface area contributed by atoms with Crippen LogP contribution in [0.1, 0.15) is 10.4 Å². The molecule has 0 saturated carbocycles. The van der Waals surface area contributed by atoms with Crippen molar-refractivity contribution >= 4 is 33.5 Å². The first-order valence-electron chi connectivity index (χ1n) is 7.49. The molecule has 0 unspecified atom stereocenters. The molecule has 2 aromatic carbocycles. The van der Waals surface area contributed by atoms with Crippen molar-refractivity contribution in [3.8, 4) is 0 Å². The predicted molar refractivity (Wildman–Crippen MR) is 92.9 cm³/mol. The zero-order valence-electron chi connectivity index (χ0n) is 12.8. The molecule has 0 bridgehead atoms. The van der Waals surface area contributed by atoms with E-state index in [0.717, 1.165) is 0 Å². The molecular formula is C19H11NO5. The Morgan fingerprint density at radius 2 is 1.52 bits per heavy atom. The molecule has 4 aromatic rings. The minimum Gasteiger partial charge on any atom is -0.422 e. The van der Waals surface area contributed by atoms with Gasteiger partial charge >= 0.3 is 11.3 Å². The van der Waals surface area contributed by atoms with Gasteiger partial charge in [0, 0.05) is 5.56 Å². The summed E-state index contributed by atoms with van der Waals surface area (Å²) in [6, 6.07) is 16.4. The smallest absolute Gasteiger partial charge is 0.360 e. The van der Waals surface area contributed by atoms with Gasteiger partial charge in [0.05, 0.1) is 5.39 Å². The summed E-state index contributed by atoms with van der Waals surface area (Å²) in [6.07, 6.45) is 0. The molecule has 2 aromatic heterocycles. The number of hydrogen-bond acceptors (Lipinski definition) is 5. The molecule has 1 amide bonds. The van der Waals surface area contributed by atoms with E-state index in [1.165, 1.54) is 6.07 Å². The van der Waals surface area contributed by atoms with E-state index in [1.54, 1.807) is 54.6 Å². The average Bonchev–Trinajstić information content (AvgIpc) is 2.63. The highest BCUT2D eigenvalue weighted by Crippen LogP contribution is 2.23. The van der Waals surface area contributed by atoms with Crippen molar-refractivity contribution in [3.63, 3.8) is 0 Å². The summed E-state index contributed by atoms with van der Waals surface area (Å²) in [5.74, 6) is -0.475. The lowest BCUT2D eigenvalue weighted by molar-refractivity contribution is 0.102. The van der Waals surface area contributed by atoms with Gasteiger partial charge < -0.3 is 14.2 Å². The van der Waals surface area contributed by atoms with Crippen molar-refractivity contribution in [2.75, 3.05) is 5.32 Å². The van der Waals surface area contributed by atoms with Gasteiger partial charge in [-0.05, 0) is 30.3 Å². The molecule has 0 aliphatic heterocycles. The first-order chi connectivity index (χ1) is 12.1. The van der Waals surface area contributed by atoms with E-state index in [0.29, 0.717) is 16.5 Å². The van der Waals surface area contributed by atoms with Gasteiger partial charge in [0.1, 0.15) is 16.7 Å². The summed E-state index contributed by atoms with van der Waals surface area (Å²) in [6.45, 7) is 0. The SMILES string of the molecule is O=C(Nc1cc2c(=O)oc3ccccc3c2oc1=O)c1ccccc1. The molecule has 25 heavy (non-hydrogen) atoms. The standard InChI is InChI=1S/C19H11NO5/c21-17(11-6-2-1-3-7-11)20-14-10-13-16(25-19(14)23)12-8-4-5-9-15(12)24-18(13)22/h1-10H,(H,20,21). The Morgan fingerprint density at radius 3 is 2.32 bits per heavy atom. The highest BCUT2D eigenvalue weighted by molar-refractivity contribution is 6.06. The number of anilines is 1. The number of benzene rings is 2. The maximum Gasteiger partial charge on any atom is 0.360 e. The highest BCUT2D eigenvalue weighted by atomic mass is 16.4. The van der Waals surface area contributed by atoms with Crippen LogP contribution in [-0.2, 0) is 0 Å². The minimum absolute atomic E-state index is 0.0849. The van der Waals surface area contributed by atoms with Crippen molar-refractivity contribution in [1.82, 2.24) is 0 Å². The molecule has 0 saturated heterocycles. The fourth-order valence-corrected chi connectivity index (χ4v) is 2.59. The Kier molecular flexibility index (Phi) is 3.43. The van der Waals surface area contributed by atoms with E-state index in [9.17, 15) is 14.4 Å². The topological polar surface area (TPSA) is 89.5 Å². The van der Waals surface area contributed by atoms with E-state index in [-0.39, 0.29) is 16.7 Å². The van der Waals surface area contributed by atoms with Crippen LogP contribution in [-0.4, -0.2) is 5.91 Å². The molecule has 6 nitrogen and oxygen atoms in total. The molecule has 0 spiro atoms. The Bertz CT molecular complexity index is 1220. The van der Waals surface area contributed by atoms with Gasteiger partial charge in [0.2, 0.25) is 0 Å². The fourth-order valence-electron chi connectivity index (χ4n) is 2.59. The Morgan fingerprint density at radius 1 is 0.800 bits per heavy atom. The third-order valence-corrected chi connectivity index (χ3v) is 3.79. The van der Waals surface area contributed by atoms with Crippen molar-refractivity contribution in [1.29, 1.82) is 0 Å². The first kappa shape index (κ1) is 14.9. The van der Waals surface area contributed by atoms with Gasteiger partial charge in [0.15, 0.2) is 5.58 Å². The summed E-state index contributed by atoms with van der Waals surface area (Å²) in [5, 5.41) is 3.06. The van der Waals surface area contributed by atoms with Gasteiger partial charge in [-0.3, -0.25) is 4.79 Å². The second-order valence-electron chi connectivity index (χ2n) is 5.40. The van der Waals surface area contributed by atoms with Crippen LogP contribution in [0.5, 0.6) is 0 Å². The number of fused-ring (bicyclic) bond motifs is 3. The number of carbonyl (C=O) groups is 1.